The number of ether oxygens (including phenoxy) is 1. The molecule has 0 aromatic carbocycles. The highest BCUT2D eigenvalue weighted by molar-refractivity contribution is 5.87. The fourth-order valence-corrected chi connectivity index (χ4v) is 1.18. The van der Waals surface area contributed by atoms with Gasteiger partial charge in [-0.3, -0.25) is 4.79 Å². The van der Waals surface area contributed by atoms with Crippen molar-refractivity contribution in [3.05, 3.63) is 0 Å². The topological polar surface area (TPSA) is 55.4 Å². The van der Waals surface area contributed by atoms with E-state index >= 15 is 0 Å². The van der Waals surface area contributed by atoms with Crippen LogP contribution in [0.3, 0.4) is 0 Å². The van der Waals surface area contributed by atoms with E-state index in [1.54, 1.807) is 6.92 Å². The van der Waals surface area contributed by atoms with Crippen LogP contribution in [0.4, 0.5) is 4.79 Å². The number of ketones is 1. The molecule has 82 valence electrons. The van der Waals surface area contributed by atoms with Gasteiger partial charge >= 0.3 is 6.09 Å². The number of amides is 1. The number of carbonyl (C=O) groups is 2. The summed E-state index contributed by atoms with van der Waals surface area (Å²) in [5.41, 5.74) is 0. The van der Waals surface area contributed by atoms with Crippen LogP contribution < -0.4 is 5.32 Å². The number of hydrogen-bond acceptors (Lipinski definition) is 3. The maximum atomic E-state index is 11.5. The van der Waals surface area contributed by atoms with Crippen molar-refractivity contribution in [2.24, 2.45) is 5.92 Å². The lowest BCUT2D eigenvalue weighted by Crippen LogP contribution is -2.44. The minimum atomic E-state index is -0.544. The molecular formula is C10H19NO3. The van der Waals surface area contributed by atoms with Gasteiger partial charge in [0.15, 0.2) is 5.78 Å². The Bertz CT molecular complexity index is 204. The Labute approximate surface area is 85.0 Å². The first-order valence-electron chi connectivity index (χ1n) is 4.93. The lowest BCUT2D eigenvalue weighted by molar-refractivity contribution is -0.121. The summed E-state index contributed by atoms with van der Waals surface area (Å²) in [7, 11) is 1.29. The van der Waals surface area contributed by atoms with Gasteiger partial charge in [-0.15, -0.1) is 0 Å². The molecule has 1 N–H and O–H groups in total. The summed E-state index contributed by atoms with van der Waals surface area (Å²) in [4.78, 5) is 22.5. The van der Waals surface area contributed by atoms with E-state index in [0.717, 1.165) is 6.42 Å². The van der Waals surface area contributed by atoms with Crippen LogP contribution in [0.2, 0.25) is 0 Å². The normalized spacial score (nSPS) is 14.3. The predicted octanol–water partition coefficient (Wildman–Crippen LogP) is 1.74. The fourth-order valence-electron chi connectivity index (χ4n) is 1.18. The van der Waals surface area contributed by atoms with Gasteiger partial charge in [-0.25, -0.2) is 4.79 Å². The van der Waals surface area contributed by atoms with Crippen LogP contribution >= 0.6 is 0 Å². The molecule has 0 aromatic rings. The van der Waals surface area contributed by atoms with Crippen molar-refractivity contribution in [1.29, 1.82) is 0 Å². The zero-order chi connectivity index (χ0) is 11.1. The number of alkyl carbamates (subject to hydrolysis) is 1. The van der Waals surface area contributed by atoms with Crippen LogP contribution in [0, 0.1) is 5.92 Å². The molecule has 14 heavy (non-hydrogen) atoms. The molecule has 0 aliphatic rings. The van der Waals surface area contributed by atoms with Crippen LogP contribution in [0.5, 0.6) is 0 Å². The van der Waals surface area contributed by atoms with Crippen LogP contribution in [-0.4, -0.2) is 25.0 Å². The Morgan fingerprint density at radius 3 is 2.29 bits per heavy atom. The summed E-state index contributed by atoms with van der Waals surface area (Å²) in [5, 5.41) is 2.56. The highest BCUT2D eigenvalue weighted by atomic mass is 16.5. The Kier molecular flexibility index (Phi) is 5.92. The van der Waals surface area contributed by atoms with Crippen LogP contribution in [0.1, 0.15) is 33.6 Å². The second-order valence-corrected chi connectivity index (χ2v) is 3.32. The van der Waals surface area contributed by atoms with Crippen LogP contribution in [0.15, 0.2) is 0 Å². The maximum absolute atomic E-state index is 11.5. The molecule has 0 saturated heterocycles. The van der Waals surface area contributed by atoms with Gasteiger partial charge in [-0.1, -0.05) is 27.2 Å². The molecule has 4 nitrogen and oxygen atoms in total. The summed E-state index contributed by atoms with van der Waals surface area (Å²) in [6.07, 6.45) is 0.733. The van der Waals surface area contributed by atoms with Gasteiger partial charge in [0.1, 0.15) is 0 Å². The maximum Gasteiger partial charge on any atom is 0.407 e. The second kappa shape index (κ2) is 6.40. The van der Waals surface area contributed by atoms with E-state index in [0.29, 0.717) is 6.42 Å². The summed E-state index contributed by atoms with van der Waals surface area (Å²) in [6.45, 7) is 5.71. The van der Waals surface area contributed by atoms with Crippen LogP contribution in [-0.2, 0) is 9.53 Å². The molecule has 1 unspecified atom stereocenters. The molecule has 0 bridgehead atoms. The molecular weight excluding hydrogens is 182 g/mol. The third kappa shape index (κ3) is 3.77. The van der Waals surface area contributed by atoms with Crippen molar-refractivity contribution in [1.82, 2.24) is 5.32 Å². The van der Waals surface area contributed by atoms with E-state index in [9.17, 15) is 9.59 Å². The molecule has 0 heterocycles. The highest BCUT2D eigenvalue weighted by Gasteiger charge is 2.24. The minimum Gasteiger partial charge on any atom is -0.453 e. The largest absolute Gasteiger partial charge is 0.453 e. The highest BCUT2D eigenvalue weighted by Crippen LogP contribution is 2.10. The molecule has 0 aliphatic carbocycles. The number of Topliss-reactive ketones (excluding diaryl/α,β-unsaturated/α-hetero) is 1. The van der Waals surface area contributed by atoms with E-state index in [1.807, 2.05) is 13.8 Å². The van der Waals surface area contributed by atoms with E-state index in [1.165, 1.54) is 7.11 Å². The zero-order valence-electron chi connectivity index (χ0n) is 9.29. The molecule has 0 aromatic heterocycles. The van der Waals surface area contributed by atoms with Gasteiger partial charge in [0.2, 0.25) is 0 Å². The smallest absolute Gasteiger partial charge is 0.407 e. The average Bonchev–Trinajstić information content (AvgIpc) is 2.23. The lowest BCUT2D eigenvalue weighted by atomic mass is 9.94. The van der Waals surface area contributed by atoms with Gasteiger partial charge in [0, 0.05) is 6.42 Å². The number of methoxy groups -OCH3 is 1. The molecule has 0 fully saturated rings. The van der Waals surface area contributed by atoms with E-state index < -0.39 is 12.1 Å². The van der Waals surface area contributed by atoms with E-state index in [4.69, 9.17) is 0 Å². The molecule has 0 radical (unpaired) electrons. The first-order chi connectivity index (χ1) is 6.56. The monoisotopic (exact) mass is 201 g/mol. The van der Waals surface area contributed by atoms with E-state index in [2.05, 4.69) is 10.1 Å². The minimum absolute atomic E-state index is 0.0461. The SMILES string of the molecule is CCC(=O)[C@@H](NC(=O)OC)C(C)CC. The number of carbonyl (C=O) groups excluding carboxylic acids is 2. The summed E-state index contributed by atoms with van der Waals surface area (Å²) < 4.78 is 4.47. The first kappa shape index (κ1) is 12.9. The Hall–Kier alpha value is -1.06. The summed E-state index contributed by atoms with van der Waals surface area (Å²) >= 11 is 0. The quantitative estimate of drug-likeness (QED) is 0.737. The third-order valence-corrected chi connectivity index (χ3v) is 2.37. The number of nitrogens with one attached hydrogen (secondary N) is 1. The summed E-state index contributed by atoms with van der Waals surface area (Å²) in [6, 6.07) is -0.419. The predicted molar refractivity (Wildman–Crippen MR) is 54.1 cm³/mol. The van der Waals surface area contributed by atoms with Crippen LogP contribution in [0.25, 0.3) is 0 Å². The Balaban J connectivity index is 4.39. The Morgan fingerprint density at radius 2 is 1.93 bits per heavy atom. The Morgan fingerprint density at radius 1 is 1.36 bits per heavy atom. The molecule has 4 heteroatoms. The number of hydrogen-bond donors (Lipinski definition) is 1. The zero-order valence-corrected chi connectivity index (χ0v) is 9.29. The van der Waals surface area contributed by atoms with Gasteiger partial charge < -0.3 is 10.1 Å². The van der Waals surface area contributed by atoms with Crippen molar-refractivity contribution in [3.63, 3.8) is 0 Å². The van der Waals surface area contributed by atoms with Gasteiger partial charge in [-0.05, 0) is 5.92 Å². The van der Waals surface area contributed by atoms with Gasteiger partial charge in [0.05, 0.1) is 13.2 Å². The van der Waals surface area contributed by atoms with Gasteiger partial charge in [0.25, 0.3) is 0 Å². The molecule has 0 spiro atoms. The van der Waals surface area contributed by atoms with E-state index in [-0.39, 0.29) is 11.7 Å². The number of rotatable bonds is 5. The molecule has 0 rings (SSSR count). The van der Waals surface area contributed by atoms with Crippen molar-refractivity contribution >= 4 is 11.9 Å². The second-order valence-electron chi connectivity index (χ2n) is 3.32. The molecule has 0 saturated carbocycles. The van der Waals surface area contributed by atoms with Crippen molar-refractivity contribution in [3.8, 4) is 0 Å². The average molecular weight is 201 g/mol. The molecule has 2 atom stereocenters. The lowest BCUT2D eigenvalue weighted by Gasteiger charge is -2.21. The van der Waals surface area contributed by atoms with Crippen molar-refractivity contribution < 1.29 is 14.3 Å². The fraction of sp³-hybridized carbons (Fsp3) is 0.800. The third-order valence-electron chi connectivity index (χ3n) is 2.37. The summed E-state index contributed by atoms with van der Waals surface area (Å²) in [5.74, 6) is 0.186. The van der Waals surface area contributed by atoms with Crippen molar-refractivity contribution in [2.75, 3.05) is 7.11 Å². The molecule has 1 amide bonds. The standard InChI is InChI=1S/C10H19NO3/c1-5-7(3)9(8(12)6-2)11-10(13)14-4/h7,9H,5-6H2,1-4H3,(H,11,13)/t7?,9-/m0/s1. The molecule has 0 aliphatic heterocycles. The van der Waals surface area contributed by atoms with Crippen molar-refractivity contribution in [2.45, 2.75) is 39.7 Å². The van der Waals surface area contributed by atoms with Gasteiger partial charge in [-0.2, -0.15) is 0 Å². The first-order valence-corrected chi connectivity index (χ1v) is 4.93.